The summed E-state index contributed by atoms with van der Waals surface area (Å²) in [5.41, 5.74) is 6.28. The fourth-order valence-electron chi connectivity index (χ4n) is 5.00. The van der Waals surface area contributed by atoms with Crippen molar-refractivity contribution in [3.05, 3.63) is 70.3 Å². The van der Waals surface area contributed by atoms with Crippen LogP contribution in [0.25, 0.3) is 0 Å². The molecule has 4 heterocycles. The van der Waals surface area contributed by atoms with Crippen molar-refractivity contribution in [3.63, 3.8) is 0 Å². The van der Waals surface area contributed by atoms with Crippen LogP contribution in [0.1, 0.15) is 142 Å². The van der Waals surface area contributed by atoms with E-state index < -0.39 is 0 Å². The van der Waals surface area contributed by atoms with Crippen LogP contribution >= 0.6 is 0 Å². The molecule has 44 heavy (non-hydrogen) atoms. The molecule has 0 radical (unpaired) electrons. The van der Waals surface area contributed by atoms with Gasteiger partial charge >= 0.3 is 0 Å². The molecule has 0 spiro atoms. The van der Waals surface area contributed by atoms with Gasteiger partial charge in [-0.1, -0.05) is 83.1 Å². The third-order valence-electron chi connectivity index (χ3n) is 9.60. The molecule has 2 aromatic heterocycles. The molecule has 2 aliphatic rings. The van der Waals surface area contributed by atoms with E-state index in [9.17, 15) is 0 Å². The predicted octanol–water partition coefficient (Wildman–Crippen LogP) is 11.4. The first kappa shape index (κ1) is 35.9. The van der Waals surface area contributed by atoms with E-state index in [1.54, 1.807) is 0 Å². The number of rotatable bonds is 10. The molecule has 0 aliphatic carbocycles. The van der Waals surface area contributed by atoms with Crippen LogP contribution in [0.4, 0.5) is 0 Å². The monoisotopic (exact) mass is 779 g/mol. The van der Waals surface area contributed by atoms with Crippen LogP contribution in [0.3, 0.4) is 0 Å². The molecule has 0 aromatic carbocycles. The maximum atomic E-state index is 6.50. The summed E-state index contributed by atoms with van der Waals surface area (Å²) in [7, 11) is 0. The first-order valence-corrected chi connectivity index (χ1v) is 16.1. The number of ether oxygens (including phenoxy) is 1. The molecule has 0 amide bonds. The van der Waals surface area contributed by atoms with Crippen molar-refractivity contribution in [3.8, 4) is 11.8 Å². The van der Waals surface area contributed by atoms with Gasteiger partial charge in [0, 0.05) is 45.0 Å². The van der Waals surface area contributed by atoms with E-state index in [0.717, 1.165) is 35.6 Å². The first-order chi connectivity index (χ1) is 20.1. The first-order valence-electron chi connectivity index (χ1n) is 16.1. The second-order valence-electron chi connectivity index (χ2n) is 14.7. The maximum Gasteiger partial charge on any atom is 0.221 e. The summed E-state index contributed by atoms with van der Waals surface area (Å²) in [5.74, 6) is 2.32. The normalized spacial score (nSPS) is 20.9. The van der Waals surface area contributed by atoms with Gasteiger partial charge in [-0.15, -0.1) is 0 Å². The third-order valence-corrected chi connectivity index (χ3v) is 9.60. The Balaban J connectivity index is 0.00000529. The molecule has 0 fully saturated rings. The Bertz CT molecular complexity index is 1320. The summed E-state index contributed by atoms with van der Waals surface area (Å²) in [6.07, 6.45) is 6.32. The van der Waals surface area contributed by atoms with Crippen LogP contribution in [-0.2, 0) is 21.1 Å². The van der Waals surface area contributed by atoms with Gasteiger partial charge in [0.1, 0.15) is 12.1 Å². The maximum absolute atomic E-state index is 6.50. The van der Waals surface area contributed by atoms with Crippen molar-refractivity contribution in [2.45, 2.75) is 120 Å². The number of hydrogen-bond acceptors (Lipinski definition) is 7. The molecule has 2 aliphatic heterocycles. The summed E-state index contributed by atoms with van der Waals surface area (Å²) in [5, 5.41) is 18.4. The number of azo groups is 2. The van der Waals surface area contributed by atoms with Gasteiger partial charge in [0.05, 0.1) is 22.8 Å². The zero-order valence-corrected chi connectivity index (χ0v) is 31.0. The van der Waals surface area contributed by atoms with Crippen molar-refractivity contribution in [1.29, 1.82) is 0 Å². The molecule has 0 N–H and O–H groups in total. The molecule has 242 valence electrons. The van der Waals surface area contributed by atoms with Gasteiger partial charge in [0.2, 0.25) is 11.8 Å². The van der Waals surface area contributed by atoms with E-state index in [4.69, 9.17) is 14.7 Å². The Morgan fingerprint density at radius 3 is 1.32 bits per heavy atom. The molecule has 8 heteroatoms. The van der Waals surface area contributed by atoms with Crippen LogP contribution in [0.15, 0.2) is 68.3 Å². The minimum Gasteiger partial charge on any atom is -0.421 e. The standard InChI is InChI=1S/C36H52N6O.Pt/c1-13-21(3)25-15-29(31-19-27(39-41-31)23(5)35(7,8)9)37-33(17-25)43-34-18-26(22(4)14-2)16-30(38-34)32-20-28(40-42-32)24(6)36(10,11)12;/h15-24,31-32H,13-14H2,1-12H3;. The zero-order valence-electron chi connectivity index (χ0n) is 28.8. The summed E-state index contributed by atoms with van der Waals surface area (Å²) in [6, 6.07) is 7.94. The molecule has 6 unspecified atom stereocenters. The number of hydrogen-bond donors (Lipinski definition) is 0. The molecule has 6 atom stereocenters. The van der Waals surface area contributed by atoms with Gasteiger partial charge in [-0.2, -0.15) is 20.5 Å². The van der Waals surface area contributed by atoms with E-state index in [-0.39, 0.29) is 55.8 Å². The van der Waals surface area contributed by atoms with Crippen LogP contribution in [0.5, 0.6) is 11.8 Å². The topological polar surface area (TPSA) is 84.5 Å². The van der Waals surface area contributed by atoms with Crippen molar-refractivity contribution in [1.82, 2.24) is 9.97 Å². The van der Waals surface area contributed by atoms with Gasteiger partial charge in [-0.05, 0) is 70.9 Å². The summed E-state index contributed by atoms with van der Waals surface area (Å²) >= 11 is 0. The van der Waals surface area contributed by atoms with Gasteiger partial charge in [0.15, 0.2) is 0 Å². The van der Waals surface area contributed by atoms with Crippen molar-refractivity contribution < 1.29 is 25.8 Å². The van der Waals surface area contributed by atoms with Crippen LogP contribution in [0, 0.1) is 22.7 Å². The number of nitrogens with zero attached hydrogens (tertiary/aromatic N) is 6. The van der Waals surface area contributed by atoms with Gasteiger partial charge in [-0.25, -0.2) is 9.97 Å². The van der Waals surface area contributed by atoms with Gasteiger partial charge < -0.3 is 4.74 Å². The van der Waals surface area contributed by atoms with E-state index in [2.05, 4.69) is 128 Å². The molecule has 2 aromatic rings. The van der Waals surface area contributed by atoms with Crippen molar-refractivity contribution >= 4 is 0 Å². The molecular formula is C36H52N6OPt. The number of allylic oxidation sites excluding steroid dienone is 2. The largest absolute Gasteiger partial charge is 0.421 e. The van der Waals surface area contributed by atoms with E-state index in [0.29, 0.717) is 23.6 Å². The van der Waals surface area contributed by atoms with Crippen LogP contribution in [0.2, 0.25) is 0 Å². The minimum absolute atomic E-state index is 0. The van der Waals surface area contributed by atoms with E-state index >= 15 is 0 Å². The molecular weight excluding hydrogens is 728 g/mol. The average Bonchev–Trinajstić information content (AvgIpc) is 3.65. The van der Waals surface area contributed by atoms with Gasteiger partial charge in [-0.3, -0.25) is 0 Å². The quantitative estimate of drug-likeness (QED) is 0.241. The number of pyridine rings is 2. The zero-order chi connectivity index (χ0) is 31.7. The predicted molar refractivity (Wildman–Crippen MR) is 175 cm³/mol. The molecule has 0 saturated heterocycles. The van der Waals surface area contributed by atoms with E-state index in [1.165, 1.54) is 11.1 Å². The van der Waals surface area contributed by atoms with Crippen LogP contribution in [-0.4, -0.2) is 9.97 Å². The second kappa shape index (κ2) is 14.3. The molecule has 0 bridgehead atoms. The Hall–Kier alpha value is -2.53. The van der Waals surface area contributed by atoms with Crippen molar-refractivity contribution in [2.24, 2.45) is 43.1 Å². The molecule has 7 nitrogen and oxygen atoms in total. The Kier molecular flexibility index (Phi) is 11.7. The number of aromatic nitrogens is 2. The molecule has 0 saturated carbocycles. The minimum atomic E-state index is -0.228. The smallest absolute Gasteiger partial charge is 0.221 e. The SMILES string of the molecule is CCC(C)c1cc(Oc2cc(C(C)CC)cc(C3C=C(C(C)C(C)(C)C)N=N3)n2)nc(C2C=C(C(C)C(C)(C)C)N=N2)c1.[Pt]. The van der Waals surface area contributed by atoms with E-state index in [1.807, 2.05) is 12.1 Å². The third kappa shape index (κ3) is 8.38. The fourth-order valence-corrected chi connectivity index (χ4v) is 5.00. The molecule has 4 rings (SSSR count). The fraction of sp³-hybridized carbons (Fsp3) is 0.611. The Morgan fingerprint density at radius 1 is 0.636 bits per heavy atom. The Morgan fingerprint density at radius 2 is 1.00 bits per heavy atom. The van der Waals surface area contributed by atoms with Crippen LogP contribution < -0.4 is 4.74 Å². The van der Waals surface area contributed by atoms with Crippen molar-refractivity contribution in [2.75, 3.05) is 0 Å². The second-order valence-corrected chi connectivity index (χ2v) is 14.7. The van der Waals surface area contributed by atoms with Gasteiger partial charge in [0.25, 0.3) is 0 Å². The summed E-state index contributed by atoms with van der Waals surface area (Å²) in [4.78, 5) is 9.91. The average molecular weight is 780 g/mol. The summed E-state index contributed by atoms with van der Waals surface area (Å²) < 4.78 is 6.50. The summed E-state index contributed by atoms with van der Waals surface area (Å²) in [6.45, 7) is 26.7. The Labute approximate surface area is 279 Å².